The van der Waals surface area contributed by atoms with Gasteiger partial charge in [0.1, 0.15) is 5.69 Å². The first-order chi connectivity index (χ1) is 10.7. The molecule has 22 heavy (non-hydrogen) atoms. The lowest BCUT2D eigenvalue weighted by Gasteiger charge is -2.11. The smallest absolute Gasteiger partial charge is 0.330 e. The maximum absolute atomic E-state index is 12.4. The van der Waals surface area contributed by atoms with Crippen LogP contribution in [0.25, 0.3) is 11.2 Å². The number of fused-ring (bicyclic) bond motifs is 1. The van der Waals surface area contributed by atoms with Crippen molar-refractivity contribution in [2.75, 3.05) is 14.2 Å². The van der Waals surface area contributed by atoms with E-state index in [0.717, 1.165) is 5.52 Å². The highest BCUT2D eigenvalue weighted by atomic mass is 16.5. The van der Waals surface area contributed by atoms with Crippen molar-refractivity contribution in [3.63, 3.8) is 0 Å². The fraction of sp³-hybridized carbons (Fsp3) is 0.267. The Morgan fingerprint density at radius 1 is 1.14 bits per heavy atom. The highest BCUT2D eigenvalue weighted by Crippen LogP contribution is 2.29. The standard InChI is InChI=1S/C15H16N4O3/c1-18-14-11(5-4-7-17-14)19(15(18)20)9-10-13(22-3)12(21-2)6-8-16-10/h4-8H,9H2,1-3H3. The Morgan fingerprint density at radius 3 is 2.68 bits per heavy atom. The van der Waals surface area contributed by atoms with Crippen molar-refractivity contribution < 1.29 is 9.47 Å². The summed E-state index contributed by atoms with van der Waals surface area (Å²) in [6.45, 7) is 0.280. The largest absolute Gasteiger partial charge is 0.493 e. The maximum atomic E-state index is 12.4. The van der Waals surface area contributed by atoms with E-state index < -0.39 is 0 Å². The molecule has 0 spiro atoms. The van der Waals surface area contributed by atoms with Crippen molar-refractivity contribution in [1.82, 2.24) is 19.1 Å². The summed E-state index contributed by atoms with van der Waals surface area (Å²) in [5.74, 6) is 1.11. The van der Waals surface area contributed by atoms with Gasteiger partial charge in [-0.05, 0) is 12.1 Å². The number of nitrogens with zero attached hydrogens (tertiary/aromatic N) is 4. The molecule has 0 amide bonds. The van der Waals surface area contributed by atoms with E-state index >= 15 is 0 Å². The molecule has 0 aromatic carbocycles. The Morgan fingerprint density at radius 2 is 1.95 bits per heavy atom. The molecule has 7 heteroatoms. The van der Waals surface area contributed by atoms with Gasteiger partial charge in [0, 0.05) is 25.5 Å². The van der Waals surface area contributed by atoms with Crippen LogP contribution in [-0.2, 0) is 13.6 Å². The summed E-state index contributed by atoms with van der Waals surface area (Å²) in [7, 11) is 4.82. The summed E-state index contributed by atoms with van der Waals surface area (Å²) in [4.78, 5) is 21.0. The second kappa shape index (κ2) is 5.51. The molecule has 3 aromatic heterocycles. The maximum Gasteiger partial charge on any atom is 0.330 e. The fourth-order valence-corrected chi connectivity index (χ4v) is 2.50. The lowest BCUT2D eigenvalue weighted by atomic mass is 10.3. The Labute approximate surface area is 126 Å². The Bertz CT molecular complexity index is 882. The van der Waals surface area contributed by atoms with Gasteiger partial charge in [-0.3, -0.25) is 14.1 Å². The van der Waals surface area contributed by atoms with Crippen LogP contribution in [0, 0.1) is 0 Å². The third-order valence-electron chi connectivity index (χ3n) is 3.57. The predicted molar refractivity (Wildman–Crippen MR) is 81.4 cm³/mol. The molecule has 0 aliphatic carbocycles. The zero-order valence-corrected chi connectivity index (χ0v) is 12.6. The van der Waals surface area contributed by atoms with Crippen LogP contribution in [-0.4, -0.2) is 33.3 Å². The molecule has 0 saturated heterocycles. The lowest BCUT2D eigenvalue weighted by Crippen LogP contribution is -2.23. The molecule has 0 unspecified atom stereocenters. The van der Waals surface area contributed by atoms with Gasteiger partial charge >= 0.3 is 5.69 Å². The van der Waals surface area contributed by atoms with Gasteiger partial charge in [-0.15, -0.1) is 0 Å². The molecule has 114 valence electrons. The molecule has 0 aliphatic heterocycles. The third kappa shape index (κ3) is 2.11. The number of aryl methyl sites for hydroxylation is 1. The average Bonchev–Trinajstić information content (AvgIpc) is 2.80. The molecular weight excluding hydrogens is 284 g/mol. The summed E-state index contributed by atoms with van der Waals surface area (Å²) in [5.41, 5.74) is 1.86. The van der Waals surface area contributed by atoms with E-state index in [1.54, 1.807) is 50.4 Å². The number of ether oxygens (including phenoxy) is 2. The van der Waals surface area contributed by atoms with Crippen molar-refractivity contribution in [3.8, 4) is 11.5 Å². The molecule has 3 rings (SSSR count). The quantitative estimate of drug-likeness (QED) is 0.724. The van der Waals surface area contributed by atoms with Crippen LogP contribution >= 0.6 is 0 Å². The molecule has 0 radical (unpaired) electrons. The monoisotopic (exact) mass is 300 g/mol. The van der Waals surface area contributed by atoms with Gasteiger partial charge in [0.05, 0.1) is 26.3 Å². The van der Waals surface area contributed by atoms with Crippen LogP contribution < -0.4 is 15.2 Å². The number of imidazole rings is 1. The van der Waals surface area contributed by atoms with Crippen LogP contribution in [0.1, 0.15) is 5.69 Å². The highest BCUT2D eigenvalue weighted by molar-refractivity contribution is 5.71. The zero-order chi connectivity index (χ0) is 15.7. The molecule has 7 nitrogen and oxygen atoms in total. The van der Waals surface area contributed by atoms with Crippen LogP contribution in [0.4, 0.5) is 0 Å². The average molecular weight is 300 g/mol. The summed E-state index contributed by atoms with van der Waals surface area (Å²) >= 11 is 0. The predicted octanol–water partition coefficient (Wildman–Crippen LogP) is 1.20. The minimum absolute atomic E-state index is 0.152. The number of aromatic nitrogens is 4. The van der Waals surface area contributed by atoms with Crippen molar-refractivity contribution in [2.24, 2.45) is 7.05 Å². The first kappa shape index (κ1) is 14.1. The molecule has 0 atom stereocenters. The van der Waals surface area contributed by atoms with Crippen molar-refractivity contribution in [1.29, 1.82) is 0 Å². The zero-order valence-electron chi connectivity index (χ0n) is 12.6. The summed E-state index contributed by atoms with van der Waals surface area (Å²) in [6, 6.07) is 5.38. The van der Waals surface area contributed by atoms with Crippen molar-refractivity contribution >= 4 is 11.2 Å². The van der Waals surface area contributed by atoms with Gasteiger partial charge in [0.2, 0.25) is 0 Å². The SMILES string of the molecule is COc1ccnc(Cn2c(=O)n(C)c3ncccc32)c1OC. The van der Waals surface area contributed by atoms with Gasteiger partial charge in [-0.25, -0.2) is 9.78 Å². The van der Waals surface area contributed by atoms with E-state index in [-0.39, 0.29) is 12.2 Å². The normalized spacial score (nSPS) is 10.9. The number of hydrogen-bond acceptors (Lipinski definition) is 5. The minimum atomic E-state index is -0.152. The number of hydrogen-bond donors (Lipinski definition) is 0. The van der Waals surface area contributed by atoms with Gasteiger partial charge in [0.15, 0.2) is 17.1 Å². The summed E-state index contributed by atoms with van der Waals surface area (Å²) in [6.07, 6.45) is 3.29. The fourth-order valence-electron chi connectivity index (χ4n) is 2.50. The van der Waals surface area contributed by atoms with E-state index in [9.17, 15) is 4.79 Å². The Balaban J connectivity index is 2.16. The second-order valence-electron chi connectivity index (χ2n) is 4.77. The molecular formula is C15H16N4O3. The van der Waals surface area contributed by atoms with Crippen molar-refractivity contribution in [2.45, 2.75) is 6.54 Å². The second-order valence-corrected chi connectivity index (χ2v) is 4.77. The first-order valence-electron chi connectivity index (χ1n) is 6.73. The first-order valence-corrected chi connectivity index (χ1v) is 6.73. The lowest BCUT2D eigenvalue weighted by molar-refractivity contribution is 0.348. The number of pyridine rings is 2. The highest BCUT2D eigenvalue weighted by Gasteiger charge is 2.16. The van der Waals surface area contributed by atoms with E-state index in [1.165, 1.54) is 4.57 Å². The summed E-state index contributed by atoms with van der Waals surface area (Å²) < 4.78 is 13.8. The van der Waals surface area contributed by atoms with E-state index in [4.69, 9.17) is 9.47 Å². The molecule has 0 aliphatic rings. The Kier molecular flexibility index (Phi) is 3.54. The molecule has 0 fully saturated rings. The van der Waals surface area contributed by atoms with Gasteiger partial charge in [-0.2, -0.15) is 0 Å². The van der Waals surface area contributed by atoms with Crippen LogP contribution in [0.3, 0.4) is 0 Å². The Hall–Kier alpha value is -2.83. The minimum Gasteiger partial charge on any atom is -0.493 e. The molecule has 0 N–H and O–H groups in total. The molecule has 0 saturated carbocycles. The van der Waals surface area contributed by atoms with Crippen LogP contribution in [0.15, 0.2) is 35.4 Å². The number of rotatable bonds is 4. The topological polar surface area (TPSA) is 71.2 Å². The van der Waals surface area contributed by atoms with E-state index in [2.05, 4.69) is 9.97 Å². The third-order valence-corrected chi connectivity index (χ3v) is 3.57. The van der Waals surface area contributed by atoms with Crippen molar-refractivity contribution in [3.05, 3.63) is 46.8 Å². The molecule has 0 bridgehead atoms. The van der Waals surface area contributed by atoms with Gasteiger partial charge in [-0.1, -0.05) is 0 Å². The van der Waals surface area contributed by atoms with Crippen LogP contribution in [0.5, 0.6) is 11.5 Å². The van der Waals surface area contributed by atoms with Crippen LogP contribution in [0.2, 0.25) is 0 Å². The number of methoxy groups -OCH3 is 2. The van der Waals surface area contributed by atoms with E-state index in [1.807, 2.05) is 6.07 Å². The van der Waals surface area contributed by atoms with Gasteiger partial charge in [0.25, 0.3) is 0 Å². The molecule has 3 aromatic rings. The summed E-state index contributed by atoms with van der Waals surface area (Å²) in [5, 5.41) is 0. The van der Waals surface area contributed by atoms with Gasteiger partial charge < -0.3 is 9.47 Å². The molecule has 3 heterocycles. The van der Waals surface area contributed by atoms with E-state index in [0.29, 0.717) is 22.8 Å².